The van der Waals surface area contributed by atoms with Crippen molar-refractivity contribution in [1.29, 1.82) is 0 Å². The van der Waals surface area contributed by atoms with Gasteiger partial charge in [0.15, 0.2) is 0 Å². The van der Waals surface area contributed by atoms with Crippen molar-refractivity contribution in [2.75, 3.05) is 11.9 Å². The van der Waals surface area contributed by atoms with E-state index in [-0.39, 0.29) is 0 Å². The fraction of sp³-hybridized carbons (Fsp3) is 0.0952. The van der Waals surface area contributed by atoms with Crippen LogP contribution in [-0.4, -0.2) is 12.4 Å². The lowest BCUT2D eigenvalue weighted by molar-refractivity contribution is -0.352. The minimum absolute atomic E-state index is 0.666. The van der Waals surface area contributed by atoms with E-state index in [1.165, 1.54) is 0 Å². The molecular weight excluding hydrogens is 376 g/mol. The van der Waals surface area contributed by atoms with Crippen LogP contribution in [0.3, 0.4) is 0 Å². The third kappa shape index (κ3) is 4.94. The van der Waals surface area contributed by atoms with Gasteiger partial charge in [0.1, 0.15) is 17.1 Å². The largest absolute Gasteiger partial charge is 0.494 e. The zero-order chi connectivity index (χ0) is 17.5. The Balaban J connectivity index is 1.90. The van der Waals surface area contributed by atoms with E-state index >= 15 is 0 Å². The Kier molecular flexibility index (Phi) is 5.86. The predicted octanol–water partition coefficient (Wildman–Crippen LogP) is 4.12. The molecule has 0 aromatic heterocycles. The Morgan fingerprint density at radius 2 is 1.60 bits per heavy atom. The molecule has 0 radical (unpaired) electrons. The summed E-state index contributed by atoms with van der Waals surface area (Å²) in [7, 11) is 0. The molecule has 3 nitrogen and oxygen atoms in total. The average molecular weight is 396 g/mol. The molecule has 0 saturated carbocycles. The number of hydrogen-bond acceptors (Lipinski definition) is 1. The molecule has 3 aromatic rings. The molecule has 0 bridgehead atoms. The predicted molar refractivity (Wildman–Crippen MR) is 107 cm³/mol. The lowest BCUT2D eigenvalue weighted by atomic mass is 10.2. The normalized spacial score (nSPS) is 11.2. The zero-order valence-electron chi connectivity index (χ0n) is 14.0. The molecule has 0 fully saturated rings. The summed E-state index contributed by atoms with van der Waals surface area (Å²) >= 11 is 3.47. The van der Waals surface area contributed by atoms with Gasteiger partial charge in [-0.25, -0.2) is 10.3 Å². The lowest BCUT2D eigenvalue weighted by Gasteiger charge is -2.06. The molecule has 0 aliphatic heterocycles. The summed E-state index contributed by atoms with van der Waals surface area (Å²) in [6, 6.07) is 26.3. The van der Waals surface area contributed by atoms with Gasteiger partial charge in [0.25, 0.3) is 5.84 Å². The van der Waals surface area contributed by atoms with Gasteiger partial charge in [-0.05, 0) is 67.6 Å². The number of rotatable bonds is 5. The Morgan fingerprint density at radius 1 is 0.920 bits per heavy atom. The van der Waals surface area contributed by atoms with E-state index in [9.17, 15) is 0 Å². The summed E-state index contributed by atoms with van der Waals surface area (Å²) in [6.07, 6.45) is 0. The van der Waals surface area contributed by atoms with Crippen molar-refractivity contribution in [2.45, 2.75) is 6.92 Å². The molecule has 25 heavy (non-hydrogen) atoms. The van der Waals surface area contributed by atoms with Gasteiger partial charge in [-0.1, -0.05) is 34.1 Å². The molecule has 0 spiro atoms. The van der Waals surface area contributed by atoms with Crippen LogP contribution in [-0.2, 0) is 0 Å². The van der Waals surface area contributed by atoms with Crippen molar-refractivity contribution in [3.63, 3.8) is 0 Å². The number of anilines is 1. The van der Waals surface area contributed by atoms with E-state index < -0.39 is 0 Å². The fourth-order valence-corrected chi connectivity index (χ4v) is 2.67. The van der Waals surface area contributed by atoms with Gasteiger partial charge in [0.05, 0.1) is 12.2 Å². The van der Waals surface area contributed by atoms with E-state index in [0.29, 0.717) is 6.61 Å². The second-order valence-electron chi connectivity index (χ2n) is 5.46. The number of benzene rings is 3. The highest BCUT2D eigenvalue weighted by atomic mass is 79.9. The summed E-state index contributed by atoms with van der Waals surface area (Å²) < 4.78 is 6.56. The van der Waals surface area contributed by atoms with Crippen LogP contribution in [0.4, 0.5) is 11.4 Å². The molecule has 4 heteroatoms. The molecule has 2 N–H and O–H groups in total. The first-order valence-corrected chi connectivity index (χ1v) is 8.99. The van der Waals surface area contributed by atoms with E-state index in [2.05, 4.69) is 38.4 Å². The standard InChI is InChI=1S/C21H19BrN2O/c1-2-25-20-14-12-19(13-15-20)24-21(16-6-4-3-5-7-16)23-18-10-8-17(22)9-11-18/h3-15H,2H2,1H3,(H,23,24)/p+1. The molecule has 0 heterocycles. The summed E-state index contributed by atoms with van der Waals surface area (Å²) in [5.41, 5.74) is 3.09. The van der Waals surface area contributed by atoms with Gasteiger partial charge in [-0.3, -0.25) is 0 Å². The fourth-order valence-electron chi connectivity index (χ4n) is 2.40. The van der Waals surface area contributed by atoms with Crippen LogP contribution in [0.25, 0.3) is 0 Å². The molecule has 0 atom stereocenters. The first-order chi connectivity index (χ1) is 12.2. The van der Waals surface area contributed by atoms with E-state index in [0.717, 1.165) is 33.0 Å². The van der Waals surface area contributed by atoms with Crippen LogP contribution in [0.2, 0.25) is 0 Å². The van der Waals surface area contributed by atoms with Crippen molar-refractivity contribution in [3.8, 4) is 5.75 Å². The number of amidine groups is 1. The third-order valence-corrected chi connectivity index (χ3v) is 4.14. The maximum atomic E-state index is 5.50. The highest BCUT2D eigenvalue weighted by Crippen LogP contribution is 2.16. The minimum Gasteiger partial charge on any atom is -0.494 e. The van der Waals surface area contributed by atoms with E-state index in [1.807, 2.05) is 73.7 Å². The molecule has 126 valence electrons. The molecule has 0 amide bonds. The monoisotopic (exact) mass is 395 g/mol. The molecular formula is C21H20BrN2O+. The molecule has 0 saturated heterocycles. The summed E-state index contributed by atoms with van der Waals surface area (Å²) in [4.78, 5) is 3.46. The molecule has 3 aromatic carbocycles. The van der Waals surface area contributed by atoms with Crippen molar-refractivity contribution in [3.05, 3.63) is 88.9 Å². The summed E-state index contributed by atoms with van der Waals surface area (Å²) in [5, 5.41) is 3.47. The second-order valence-corrected chi connectivity index (χ2v) is 6.37. The third-order valence-electron chi connectivity index (χ3n) is 3.61. The van der Waals surface area contributed by atoms with Crippen LogP contribution in [0.15, 0.2) is 83.3 Å². The number of nitrogens with one attached hydrogen (secondary N) is 2. The van der Waals surface area contributed by atoms with Crippen molar-refractivity contribution in [2.24, 2.45) is 0 Å². The highest BCUT2D eigenvalue weighted by molar-refractivity contribution is 9.10. The van der Waals surface area contributed by atoms with Gasteiger partial charge in [-0.2, -0.15) is 0 Å². The smallest absolute Gasteiger partial charge is 0.285 e. The second kappa shape index (κ2) is 8.49. The Hall–Kier alpha value is -2.59. The van der Waals surface area contributed by atoms with Crippen LogP contribution in [0, 0.1) is 0 Å². The van der Waals surface area contributed by atoms with Gasteiger partial charge >= 0.3 is 0 Å². The molecule has 0 aliphatic rings. The molecule has 0 unspecified atom stereocenters. The Morgan fingerprint density at radius 3 is 2.24 bits per heavy atom. The maximum absolute atomic E-state index is 5.50. The number of ether oxygens (including phenoxy) is 1. The van der Waals surface area contributed by atoms with E-state index in [4.69, 9.17) is 4.74 Å². The van der Waals surface area contributed by atoms with Gasteiger partial charge < -0.3 is 4.74 Å². The lowest BCUT2D eigenvalue weighted by Crippen LogP contribution is -2.68. The number of hydrogen-bond donors (Lipinski definition) is 2. The summed E-state index contributed by atoms with van der Waals surface area (Å²) in [6.45, 7) is 2.65. The van der Waals surface area contributed by atoms with Gasteiger partial charge in [0.2, 0.25) is 0 Å². The number of halogens is 1. The Labute approximate surface area is 156 Å². The average Bonchev–Trinajstić information content (AvgIpc) is 2.65. The first-order valence-electron chi connectivity index (χ1n) is 8.19. The topological polar surface area (TPSA) is 35.2 Å². The van der Waals surface area contributed by atoms with Crippen LogP contribution in [0.1, 0.15) is 12.5 Å². The van der Waals surface area contributed by atoms with E-state index in [1.54, 1.807) is 0 Å². The SMILES string of the molecule is CCOc1ccc(NC(=[NH+]c2ccc(Br)cc2)c2ccccc2)cc1. The van der Waals surface area contributed by atoms with Gasteiger partial charge in [0, 0.05) is 4.47 Å². The van der Waals surface area contributed by atoms with Gasteiger partial charge in [-0.15, -0.1) is 0 Å². The van der Waals surface area contributed by atoms with Crippen molar-refractivity contribution < 1.29 is 9.73 Å². The highest BCUT2D eigenvalue weighted by Gasteiger charge is 2.12. The molecule has 0 aliphatic carbocycles. The van der Waals surface area contributed by atoms with Crippen molar-refractivity contribution in [1.82, 2.24) is 0 Å². The minimum atomic E-state index is 0.666. The Bertz CT molecular complexity index is 828. The zero-order valence-corrected chi connectivity index (χ0v) is 15.6. The maximum Gasteiger partial charge on any atom is 0.285 e. The quantitative estimate of drug-likeness (QED) is 0.503. The van der Waals surface area contributed by atoms with Crippen LogP contribution < -0.4 is 15.0 Å². The summed E-state index contributed by atoms with van der Waals surface area (Å²) in [5.74, 6) is 1.79. The van der Waals surface area contributed by atoms with Crippen molar-refractivity contribution >= 4 is 33.1 Å². The molecule has 3 rings (SSSR count). The van der Waals surface area contributed by atoms with Crippen LogP contribution >= 0.6 is 15.9 Å². The van der Waals surface area contributed by atoms with Crippen LogP contribution in [0.5, 0.6) is 5.75 Å². The first kappa shape index (κ1) is 17.2.